The SMILES string of the molecule is CN1C=CC=CC1C(OC1CCCCO1)c1ccccc1. The van der Waals surface area contributed by atoms with Crippen molar-refractivity contribution in [3.63, 3.8) is 0 Å². The Morgan fingerprint density at radius 2 is 2.05 bits per heavy atom. The lowest BCUT2D eigenvalue weighted by Gasteiger charge is -2.36. The van der Waals surface area contributed by atoms with Crippen molar-refractivity contribution in [1.82, 2.24) is 4.90 Å². The van der Waals surface area contributed by atoms with E-state index in [4.69, 9.17) is 9.47 Å². The molecule has 3 unspecified atom stereocenters. The van der Waals surface area contributed by atoms with Crippen LogP contribution in [0.4, 0.5) is 0 Å². The second kappa shape index (κ2) is 6.92. The summed E-state index contributed by atoms with van der Waals surface area (Å²) in [5.41, 5.74) is 1.20. The number of hydrogen-bond donors (Lipinski definition) is 0. The zero-order valence-corrected chi connectivity index (χ0v) is 12.5. The summed E-state index contributed by atoms with van der Waals surface area (Å²) in [4.78, 5) is 2.19. The molecule has 1 saturated heterocycles. The molecule has 2 aliphatic heterocycles. The smallest absolute Gasteiger partial charge is 0.158 e. The third-order valence-electron chi connectivity index (χ3n) is 4.09. The third-order valence-corrected chi connectivity index (χ3v) is 4.09. The second-order valence-corrected chi connectivity index (χ2v) is 5.65. The minimum absolute atomic E-state index is 0.0134. The summed E-state index contributed by atoms with van der Waals surface area (Å²) in [5, 5.41) is 0. The van der Waals surface area contributed by atoms with Gasteiger partial charge in [-0.05, 0) is 37.1 Å². The summed E-state index contributed by atoms with van der Waals surface area (Å²) in [7, 11) is 2.09. The first kappa shape index (κ1) is 14.4. The van der Waals surface area contributed by atoms with Crippen molar-refractivity contribution in [3.05, 3.63) is 60.3 Å². The van der Waals surface area contributed by atoms with E-state index in [1.54, 1.807) is 0 Å². The highest BCUT2D eigenvalue weighted by Gasteiger charge is 2.29. The van der Waals surface area contributed by atoms with Gasteiger partial charge in [0, 0.05) is 13.7 Å². The van der Waals surface area contributed by atoms with Crippen LogP contribution in [0.2, 0.25) is 0 Å². The lowest BCUT2D eigenvalue weighted by atomic mass is 9.99. The minimum atomic E-state index is -0.0864. The van der Waals surface area contributed by atoms with E-state index >= 15 is 0 Å². The van der Waals surface area contributed by atoms with Gasteiger partial charge >= 0.3 is 0 Å². The first-order valence-corrected chi connectivity index (χ1v) is 7.73. The zero-order chi connectivity index (χ0) is 14.5. The fourth-order valence-corrected chi connectivity index (χ4v) is 2.89. The van der Waals surface area contributed by atoms with Gasteiger partial charge in [0.2, 0.25) is 0 Å². The number of benzene rings is 1. The molecule has 3 heteroatoms. The summed E-state index contributed by atoms with van der Waals surface area (Å²) in [6.45, 7) is 0.808. The molecule has 3 atom stereocenters. The second-order valence-electron chi connectivity index (χ2n) is 5.65. The molecule has 0 radical (unpaired) electrons. The van der Waals surface area contributed by atoms with E-state index in [1.807, 2.05) is 6.07 Å². The molecular weight excluding hydrogens is 262 g/mol. The maximum Gasteiger partial charge on any atom is 0.158 e. The van der Waals surface area contributed by atoms with Crippen LogP contribution >= 0.6 is 0 Å². The highest BCUT2D eigenvalue weighted by molar-refractivity contribution is 5.24. The Hall–Kier alpha value is -1.58. The van der Waals surface area contributed by atoms with Crippen LogP contribution in [0.5, 0.6) is 0 Å². The van der Waals surface area contributed by atoms with Crippen molar-refractivity contribution in [1.29, 1.82) is 0 Å². The van der Waals surface area contributed by atoms with E-state index in [2.05, 4.69) is 60.6 Å². The number of allylic oxidation sites excluding steroid dienone is 2. The fraction of sp³-hybridized carbons (Fsp3) is 0.444. The molecule has 1 fully saturated rings. The maximum absolute atomic E-state index is 6.34. The van der Waals surface area contributed by atoms with Crippen molar-refractivity contribution >= 4 is 0 Å². The van der Waals surface area contributed by atoms with Crippen molar-refractivity contribution in [2.24, 2.45) is 0 Å². The number of rotatable bonds is 4. The predicted octanol–water partition coefficient (Wildman–Crippen LogP) is 3.65. The number of likely N-dealkylation sites (N-methyl/N-ethyl adjacent to an activating group) is 1. The van der Waals surface area contributed by atoms with E-state index in [1.165, 1.54) is 12.0 Å². The zero-order valence-electron chi connectivity index (χ0n) is 12.5. The van der Waals surface area contributed by atoms with Crippen LogP contribution in [-0.2, 0) is 9.47 Å². The molecule has 0 aliphatic carbocycles. The van der Waals surface area contributed by atoms with Gasteiger partial charge in [0.15, 0.2) is 6.29 Å². The lowest BCUT2D eigenvalue weighted by Crippen LogP contribution is -2.37. The molecular formula is C18H23NO2. The van der Waals surface area contributed by atoms with Crippen LogP contribution in [0, 0.1) is 0 Å². The molecule has 0 saturated carbocycles. The van der Waals surface area contributed by atoms with Crippen LogP contribution in [0.3, 0.4) is 0 Å². The Balaban J connectivity index is 1.80. The number of ether oxygens (including phenoxy) is 2. The average Bonchev–Trinajstić information content (AvgIpc) is 2.55. The summed E-state index contributed by atoms with van der Waals surface area (Å²) >= 11 is 0. The van der Waals surface area contributed by atoms with Crippen molar-refractivity contribution in [3.8, 4) is 0 Å². The highest BCUT2D eigenvalue weighted by Crippen LogP contribution is 2.30. The molecule has 0 spiro atoms. The van der Waals surface area contributed by atoms with Gasteiger partial charge in [0.25, 0.3) is 0 Å². The van der Waals surface area contributed by atoms with E-state index in [0.717, 1.165) is 19.4 Å². The molecule has 112 valence electrons. The molecule has 0 amide bonds. The molecule has 3 nitrogen and oxygen atoms in total. The molecule has 1 aromatic carbocycles. The van der Waals surface area contributed by atoms with Crippen LogP contribution in [0.25, 0.3) is 0 Å². The van der Waals surface area contributed by atoms with E-state index < -0.39 is 0 Å². The summed E-state index contributed by atoms with van der Waals surface area (Å²) in [6, 6.07) is 10.6. The Morgan fingerprint density at radius 1 is 1.19 bits per heavy atom. The molecule has 21 heavy (non-hydrogen) atoms. The topological polar surface area (TPSA) is 21.7 Å². The molecule has 2 aliphatic rings. The maximum atomic E-state index is 6.34. The predicted molar refractivity (Wildman–Crippen MR) is 83.7 cm³/mol. The molecule has 0 aromatic heterocycles. The van der Waals surface area contributed by atoms with E-state index in [0.29, 0.717) is 0 Å². The van der Waals surface area contributed by atoms with Crippen molar-refractivity contribution < 1.29 is 9.47 Å². The van der Waals surface area contributed by atoms with Crippen molar-refractivity contribution in [2.75, 3.05) is 13.7 Å². The van der Waals surface area contributed by atoms with Crippen molar-refractivity contribution in [2.45, 2.75) is 37.7 Å². The van der Waals surface area contributed by atoms with Gasteiger partial charge in [-0.1, -0.05) is 42.5 Å². The van der Waals surface area contributed by atoms with Gasteiger partial charge in [0.1, 0.15) is 6.10 Å². The van der Waals surface area contributed by atoms with Gasteiger partial charge in [-0.25, -0.2) is 0 Å². The normalized spacial score (nSPS) is 26.8. The Bertz CT molecular complexity index is 491. The first-order chi connectivity index (χ1) is 10.3. The summed E-state index contributed by atoms with van der Waals surface area (Å²) in [6.07, 6.45) is 11.6. The first-order valence-electron chi connectivity index (χ1n) is 7.73. The standard InChI is InChI=1S/C18H23NO2/c1-19-13-7-5-11-16(19)18(15-9-3-2-4-10-15)21-17-12-6-8-14-20-17/h2-5,7,9-11,13,16-18H,6,8,12,14H2,1H3. The Kier molecular flexibility index (Phi) is 4.73. The van der Waals surface area contributed by atoms with E-state index in [9.17, 15) is 0 Å². The van der Waals surface area contributed by atoms with Crippen LogP contribution < -0.4 is 0 Å². The molecule has 0 N–H and O–H groups in total. The van der Waals surface area contributed by atoms with Gasteiger partial charge in [-0.2, -0.15) is 0 Å². The third kappa shape index (κ3) is 3.55. The highest BCUT2D eigenvalue weighted by atomic mass is 16.7. The quantitative estimate of drug-likeness (QED) is 0.843. The lowest BCUT2D eigenvalue weighted by molar-refractivity contribution is -0.197. The monoisotopic (exact) mass is 285 g/mol. The number of nitrogens with zero attached hydrogens (tertiary/aromatic N) is 1. The average molecular weight is 285 g/mol. The molecule has 2 heterocycles. The van der Waals surface area contributed by atoms with E-state index in [-0.39, 0.29) is 18.4 Å². The fourth-order valence-electron chi connectivity index (χ4n) is 2.89. The largest absolute Gasteiger partial charge is 0.371 e. The van der Waals surface area contributed by atoms with Crippen LogP contribution in [-0.4, -0.2) is 30.9 Å². The van der Waals surface area contributed by atoms with Gasteiger partial charge < -0.3 is 14.4 Å². The number of hydrogen-bond acceptors (Lipinski definition) is 3. The summed E-state index contributed by atoms with van der Waals surface area (Å²) in [5.74, 6) is 0. The van der Waals surface area contributed by atoms with Gasteiger partial charge in [-0.3, -0.25) is 0 Å². The minimum Gasteiger partial charge on any atom is -0.371 e. The molecule has 0 bridgehead atoms. The Morgan fingerprint density at radius 3 is 2.76 bits per heavy atom. The Labute approximate surface area is 126 Å². The van der Waals surface area contributed by atoms with Gasteiger partial charge in [0.05, 0.1) is 6.04 Å². The summed E-state index contributed by atoms with van der Waals surface area (Å²) < 4.78 is 12.1. The van der Waals surface area contributed by atoms with Crippen LogP contribution in [0.15, 0.2) is 54.8 Å². The molecule has 3 rings (SSSR count). The van der Waals surface area contributed by atoms with Gasteiger partial charge in [-0.15, -0.1) is 0 Å². The molecule has 1 aromatic rings. The van der Waals surface area contributed by atoms with Crippen LogP contribution in [0.1, 0.15) is 30.9 Å².